The first-order valence-corrected chi connectivity index (χ1v) is 7.63. The van der Waals surface area contributed by atoms with E-state index in [4.69, 9.17) is 0 Å². The number of alkyl halides is 2. The monoisotopic (exact) mass is 327 g/mol. The lowest BCUT2D eigenvalue weighted by Gasteiger charge is -2.33. The average molecular weight is 327 g/mol. The number of aliphatic hydroxyl groups is 2. The number of nitrogens with zero attached hydrogens (tertiary/aromatic N) is 1. The van der Waals surface area contributed by atoms with Crippen LogP contribution in [0.4, 0.5) is 8.78 Å². The number of halogens is 2. The number of aliphatic hydroxyl groups excluding tert-OH is 2. The fourth-order valence-electron chi connectivity index (χ4n) is 3.19. The molecule has 5 nitrogen and oxygen atoms in total. The summed E-state index contributed by atoms with van der Waals surface area (Å²) in [5.74, 6) is -0.0936. The molecule has 1 amide bonds. The fraction of sp³-hybridized carbons (Fsp3) is 0.562. The van der Waals surface area contributed by atoms with Crippen LogP contribution in [-0.4, -0.2) is 52.9 Å². The van der Waals surface area contributed by atoms with Crippen LogP contribution >= 0.6 is 0 Å². The predicted molar refractivity (Wildman–Crippen MR) is 77.1 cm³/mol. The maximum absolute atomic E-state index is 12.4. The van der Waals surface area contributed by atoms with E-state index >= 15 is 0 Å². The minimum Gasteiger partial charge on any atom is -0.435 e. The number of carbonyl (C=O) groups is 1. The van der Waals surface area contributed by atoms with Gasteiger partial charge in [-0.25, -0.2) is 0 Å². The van der Waals surface area contributed by atoms with Gasteiger partial charge in [0.1, 0.15) is 5.75 Å². The van der Waals surface area contributed by atoms with Crippen LogP contribution in [0.25, 0.3) is 0 Å². The maximum Gasteiger partial charge on any atom is 0.387 e. The van der Waals surface area contributed by atoms with Crippen LogP contribution in [0.15, 0.2) is 24.3 Å². The second kappa shape index (κ2) is 6.41. The van der Waals surface area contributed by atoms with E-state index in [0.717, 1.165) is 5.56 Å². The first kappa shape index (κ1) is 16.1. The molecule has 1 aliphatic heterocycles. The zero-order chi connectivity index (χ0) is 16.6. The standard InChI is InChI=1S/C16H19F2NO4/c17-16(18)23-12-3-1-9(2-4-12)13-6-14(13)15(22)19-7-10(20)5-11(21)8-19/h1-4,10-11,13-14,16,20-21H,5-8H2/t10-,11+,13-,14+/m0/s1. The molecule has 2 fully saturated rings. The molecule has 4 atom stereocenters. The zero-order valence-corrected chi connectivity index (χ0v) is 12.4. The third kappa shape index (κ3) is 3.79. The molecule has 1 aliphatic carbocycles. The van der Waals surface area contributed by atoms with E-state index < -0.39 is 18.8 Å². The molecule has 23 heavy (non-hydrogen) atoms. The van der Waals surface area contributed by atoms with Crippen LogP contribution in [0.2, 0.25) is 0 Å². The summed E-state index contributed by atoms with van der Waals surface area (Å²) in [5.41, 5.74) is 0.906. The van der Waals surface area contributed by atoms with Crippen molar-refractivity contribution in [3.8, 4) is 5.75 Å². The number of hydrogen-bond donors (Lipinski definition) is 2. The summed E-state index contributed by atoms with van der Waals surface area (Å²) >= 11 is 0. The number of hydrogen-bond acceptors (Lipinski definition) is 4. The molecule has 1 aromatic carbocycles. The minimum atomic E-state index is -2.85. The van der Waals surface area contributed by atoms with E-state index in [1.165, 1.54) is 17.0 Å². The summed E-state index contributed by atoms with van der Waals surface area (Å²) in [4.78, 5) is 13.9. The Morgan fingerprint density at radius 3 is 2.30 bits per heavy atom. The van der Waals surface area contributed by atoms with Gasteiger partial charge in [0.25, 0.3) is 0 Å². The van der Waals surface area contributed by atoms with E-state index in [-0.39, 0.29) is 36.6 Å². The molecule has 0 aromatic heterocycles. The van der Waals surface area contributed by atoms with Gasteiger partial charge in [-0.2, -0.15) is 8.78 Å². The number of piperidine rings is 1. The molecule has 0 radical (unpaired) electrons. The van der Waals surface area contributed by atoms with Crippen molar-refractivity contribution < 1.29 is 28.5 Å². The molecule has 0 unspecified atom stereocenters. The highest BCUT2D eigenvalue weighted by atomic mass is 19.3. The van der Waals surface area contributed by atoms with Crippen LogP contribution in [-0.2, 0) is 4.79 Å². The van der Waals surface area contributed by atoms with Crippen molar-refractivity contribution in [1.29, 1.82) is 0 Å². The van der Waals surface area contributed by atoms with Gasteiger partial charge in [0.15, 0.2) is 0 Å². The molecule has 0 spiro atoms. The summed E-state index contributed by atoms with van der Waals surface area (Å²) in [6, 6.07) is 6.32. The molecule has 7 heteroatoms. The van der Waals surface area contributed by atoms with Crippen LogP contribution < -0.4 is 4.74 Å². The van der Waals surface area contributed by atoms with E-state index in [2.05, 4.69) is 4.74 Å². The molecular formula is C16H19F2NO4. The Balaban J connectivity index is 1.59. The zero-order valence-electron chi connectivity index (χ0n) is 12.4. The Morgan fingerprint density at radius 1 is 1.13 bits per heavy atom. The molecule has 3 rings (SSSR count). The van der Waals surface area contributed by atoms with E-state index in [9.17, 15) is 23.8 Å². The molecule has 2 aliphatic rings. The summed E-state index contributed by atoms with van der Waals surface area (Å²) < 4.78 is 28.5. The van der Waals surface area contributed by atoms with Gasteiger partial charge in [0, 0.05) is 25.4 Å². The van der Waals surface area contributed by atoms with Crippen LogP contribution in [0.5, 0.6) is 5.75 Å². The SMILES string of the molecule is O=C([C@@H]1C[C@H]1c1ccc(OC(F)F)cc1)N1C[C@H](O)C[C@H](O)C1. The van der Waals surface area contributed by atoms with Gasteiger partial charge in [0.2, 0.25) is 5.91 Å². The van der Waals surface area contributed by atoms with Crippen LogP contribution in [0, 0.1) is 5.92 Å². The van der Waals surface area contributed by atoms with Crippen molar-refractivity contribution in [2.45, 2.75) is 37.6 Å². The third-order valence-electron chi connectivity index (χ3n) is 4.36. The Morgan fingerprint density at radius 2 is 1.74 bits per heavy atom. The van der Waals surface area contributed by atoms with Gasteiger partial charge in [0.05, 0.1) is 12.2 Å². The highest BCUT2D eigenvalue weighted by Gasteiger charge is 2.46. The number of rotatable bonds is 4. The molecular weight excluding hydrogens is 308 g/mol. The van der Waals surface area contributed by atoms with Gasteiger partial charge in [-0.15, -0.1) is 0 Å². The molecule has 1 heterocycles. The minimum absolute atomic E-state index is 0.0549. The molecule has 126 valence electrons. The Bertz CT molecular complexity index is 556. The largest absolute Gasteiger partial charge is 0.435 e. The second-order valence-electron chi connectivity index (χ2n) is 6.18. The third-order valence-corrected chi connectivity index (χ3v) is 4.36. The summed E-state index contributed by atoms with van der Waals surface area (Å²) in [6.45, 7) is -2.35. The van der Waals surface area contributed by atoms with Gasteiger partial charge in [-0.3, -0.25) is 4.79 Å². The fourth-order valence-corrected chi connectivity index (χ4v) is 3.19. The number of ether oxygens (including phenoxy) is 1. The number of β-amino-alcohol motifs (C(OH)–C–C–N with tert-alkyl or cyclic N) is 2. The summed E-state index contributed by atoms with van der Waals surface area (Å²) in [5, 5.41) is 19.3. The van der Waals surface area contributed by atoms with Gasteiger partial charge >= 0.3 is 6.61 Å². The lowest BCUT2D eigenvalue weighted by Crippen LogP contribution is -2.49. The lowest BCUT2D eigenvalue weighted by molar-refractivity contribution is -0.139. The van der Waals surface area contributed by atoms with Gasteiger partial charge in [-0.1, -0.05) is 12.1 Å². The van der Waals surface area contributed by atoms with E-state index in [1.807, 2.05) is 0 Å². The molecule has 1 saturated heterocycles. The second-order valence-corrected chi connectivity index (χ2v) is 6.18. The van der Waals surface area contributed by atoms with Crippen molar-refractivity contribution in [2.24, 2.45) is 5.92 Å². The van der Waals surface area contributed by atoms with E-state index in [0.29, 0.717) is 12.8 Å². The van der Waals surface area contributed by atoms with Crippen LogP contribution in [0.3, 0.4) is 0 Å². The van der Waals surface area contributed by atoms with Crippen molar-refractivity contribution in [2.75, 3.05) is 13.1 Å². The van der Waals surface area contributed by atoms with Gasteiger partial charge in [-0.05, 0) is 30.0 Å². The van der Waals surface area contributed by atoms with Gasteiger partial charge < -0.3 is 19.8 Å². The van der Waals surface area contributed by atoms with Crippen molar-refractivity contribution in [1.82, 2.24) is 4.90 Å². The van der Waals surface area contributed by atoms with Crippen molar-refractivity contribution in [3.05, 3.63) is 29.8 Å². The Hall–Kier alpha value is -1.73. The van der Waals surface area contributed by atoms with E-state index in [1.54, 1.807) is 12.1 Å². The summed E-state index contributed by atoms with van der Waals surface area (Å²) in [6.07, 6.45) is -0.392. The predicted octanol–water partition coefficient (Wildman–Crippen LogP) is 1.35. The van der Waals surface area contributed by atoms with Crippen molar-refractivity contribution in [3.63, 3.8) is 0 Å². The topological polar surface area (TPSA) is 70.0 Å². The maximum atomic E-state index is 12.4. The Kier molecular flexibility index (Phi) is 4.50. The number of carbonyl (C=O) groups excluding carboxylic acids is 1. The average Bonchev–Trinajstić information content (AvgIpc) is 3.26. The number of likely N-dealkylation sites (tertiary alicyclic amines) is 1. The highest BCUT2D eigenvalue weighted by Crippen LogP contribution is 2.49. The highest BCUT2D eigenvalue weighted by molar-refractivity contribution is 5.83. The molecule has 2 N–H and O–H groups in total. The number of amides is 1. The first-order valence-electron chi connectivity index (χ1n) is 7.63. The smallest absolute Gasteiger partial charge is 0.387 e. The summed E-state index contributed by atoms with van der Waals surface area (Å²) in [7, 11) is 0. The Labute approximate surface area is 132 Å². The lowest BCUT2D eigenvalue weighted by atomic mass is 10.0. The van der Waals surface area contributed by atoms with Crippen LogP contribution in [0.1, 0.15) is 24.3 Å². The first-order chi connectivity index (χ1) is 10.9. The quantitative estimate of drug-likeness (QED) is 0.876. The molecule has 1 saturated carbocycles. The molecule has 1 aromatic rings. The molecule has 0 bridgehead atoms. The number of benzene rings is 1. The normalized spacial score (nSPS) is 30.4. The van der Waals surface area contributed by atoms with Crippen molar-refractivity contribution >= 4 is 5.91 Å².